The SMILES string of the molecule is CC#CCN=C(N)N1CCCC1.I. The van der Waals surface area contributed by atoms with Gasteiger partial charge in [0.05, 0.1) is 0 Å². The van der Waals surface area contributed by atoms with Crippen molar-refractivity contribution in [2.24, 2.45) is 10.7 Å². The van der Waals surface area contributed by atoms with E-state index in [-0.39, 0.29) is 24.0 Å². The van der Waals surface area contributed by atoms with Crippen LogP contribution in [0.2, 0.25) is 0 Å². The average Bonchev–Trinajstić information content (AvgIpc) is 2.56. The average molecular weight is 293 g/mol. The van der Waals surface area contributed by atoms with Gasteiger partial charge >= 0.3 is 0 Å². The maximum absolute atomic E-state index is 5.73. The van der Waals surface area contributed by atoms with Crippen molar-refractivity contribution in [1.29, 1.82) is 0 Å². The second kappa shape index (κ2) is 7.01. The molecule has 1 heterocycles. The van der Waals surface area contributed by atoms with Crippen LogP contribution in [0.15, 0.2) is 4.99 Å². The highest BCUT2D eigenvalue weighted by Gasteiger charge is 2.12. The van der Waals surface area contributed by atoms with Crippen LogP contribution in [0.3, 0.4) is 0 Å². The standard InChI is InChI=1S/C9H15N3.HI/c1-2-3-6-11-9(10)12-7-4-5-8-12;/h4-8H2,1H3,(H2,10,11);1H. The molecule has 0 bridgehead atoms. The summed E-state index contributed by atoms with van der Waals surface area (Å²) < 4.78 is 0. The van der Waals surface area contributed by atoms with Crippen LogP contribution in [0.5, 0.6) is 0 Å². The van der Waals surface area contributed by atoms with Gasteiger partial charge < -0.3 is 10.6 Å². The van der Waals surface area contributed by atoms with E-state index in [9.17, 15) is 0 Å². The van der Waals surface area contributed by atoms with Crippen molar-refractivity contribution in [3.8, 4) is 11.8 Å². The van der Waals surface area contributed by atoms with E-state index < -0.39 is 0 Å². The van der Waals surface area contributed by atoms with Crippen molar-refractivity contribution in [3.05, 3.63) is 0 Å². The number of nitrogens with two attached hydrogens (primary N) is 1. The Kier molecular flexibility index (Phi) is 6.77. The number of hydrogen-bond acceptors (Lipinski definition) is 1. The lowest BCUT2D eigenvalue weighted by atomic mass is 10.4. The minimum atomic E-state index is 0. The number of nitrogens with zero attached hydrogens (tertiary/aromatic N) is 2. The molecule has 74 valence electrons. The molecule has 0 aromatic rings. The minimum absolute atomic E-state index is 0. The number of guanidine groups is 1. The Morgan fingerprint density at radius 3 is 2.62 bits per heavy atom. The molecule has 13 heavy (non-hydrogen) atoms. The summed E-state index contributed by atoms with van der Waals surface area (Å²) in [6.07, 6.45) is 2.46. The Bertz CT molecular complexity index is 221. The predicted octanol–water partition coefficient (Wildman–Crippen LogP) is 1.04. The van der Waals surface area contributed by atoms with Crippen LogP contribution in [-0.2, 0) is 0 Å². The van der Waals surface area contributed by atoms with Crippen LogP contribution in [0.1, 0.15) is 19.8 Å². The van der Waals surface area contributed by atoms with Crippen molar-refractivity contribution in [1.82, 2.24) is 4.90 Å². The van der Waals surface area contributed by atoms with Gasteiger partial charge in [0.15, 0.2) is 5.96 Å². The maximum atomic E-state index is 5.73. The zero-order valence-corrected chi connectivity index (χ0v) is 10.2. The first-order valence-corrected chi connectivity index (χ1v) is 4.29. The van der Waals surface area contributed by atoms with Crippen LogP contribution in [0, 0.1) is 11.8 Å². The van der Waals surface area contributed by atoms with Gasteiger partial charge in [-0.25, -0.2) is 4.99 Å². The van der Waals surface area contributed by atoms with E-state index in [0.717, 1.165) is 13.1 Å². The monoisotopic (exact) mass is 293 g/mol. The van der Waals surface area contributed by atoms with E-state index in [0.29, 0.717) is 12.5 Å². The normalized spacial score (nSPS) is 16.1. The van der Waals surface area contributed by atoms with Crippen molar-refractivity contribution < 1.29 is 0 Å². The molecular formula is C9H16IN3. The lowest BCUT2D eigenvalue weighted by Gasteiger charge is -2.14. The summed E-state index contributed by atoms with van der Waals surface area (Å²) in [6.45, 7) is 4.43. The Morgan fingerprint density at radius 1 is 1.46 bits per heavy atom. The van der Waals surface area contributed by atoms with Gasteiger partial charge in [-0.1, -0.05) is 5.92 Å². The first-order valence-electron chi connectivity index (χ1n) is 4.29. The van der Waals surface area contributed by atoms with Crippen LogP contribution >= 0.6 is 24.0 Å². The molecular weight excluding hydrogens is 277 g/mol. The van der Waals surface area contributed by atoms with Crippen molar-refractivity contribution >= 4 is 29.9 Å². The second-order valence-electron chi connectivity index (χ2n) is 2.80. The highest BCUT2D eigenvalue weighted by molar-refractivity contribution is 14.0. The smallest absolute Gasteiger partial charge is 0.192 e. The second-order valence-corrected chi connectivity index (χ2v) is 2.80. The Hall–Kier alpha value is -0.440. The summed E-state index contributed by atoms with van der Waals surface area (Å²) in [6, 6.07) is 0. The molecule has 1 rings (SSSR count). The molecule has 0 atom stereocenters. The predicted molar refractivity (Wildman–Crippen MR) is 66.2 cm³/mol. The Balaban J connectivity index is 0.00000144. The van der Waals surface area contributed by atoms with E-state index >= 15 is 0 Å². The van der Waals surface area contributed by atoms with Crippen molar-refractivity contribution in [2.45, 2.75) is 19.8 Å². The van der Waals surface area contributed by atoms with Gasteiger partial charge in [-0.3, -0.25) is 0 Å². The molecule has 1 aliphatic heterocycles. The van der Waals surface area contributed by atoms with Gasteiger partial charge in [-0.2, -0.15) is 0 Å². The fourth-order valence-electron chi connectivity index (χ4n) is 1.25. The quantitative estimate of drug-likeness (QED) is 0.340. The number of aliphatic imine (C=N–C) groups is 1. The van der Waals surface area contributed by atoms with Crippen LogP contribution in [0.25, 0.3) is 0 Å². The summed E-state index contributed by atoms with van der Waals surface area (Å²) >= 11 is 0. The summed E-state index contributed by atoms with van der Waals surface area (Å²) in [5, 5.41) is 0. The molecule has 0 spiro atoms. The number of hydrogen-bond donors (Lipinski definition) is 1. The third kappa shape index (κ3) is 4.36. The molecule has 0 aromatic heterocycles. The van der Waals surface area contributed by atoms with E-state index in [4.69, 9.17) is 5.73 Å². The topological polar surface area (TPSA) is 41.6 Å². The zero-order chi connectivity index (χ0) is 8.81. The van der Waals surface area contributed by atoms with Gasteiger partial charge in [-0.05, 0) is 19.8 Å². The Labute approximate surface area is 96.8 Å². The largest absolute Gasteiger partial charge is 0.370 e. The molecule has 0 saturated carbocycles. The number of likely N-dealkylation sites (tertiary alicyclic amines) is 1. The molecule has 4 heteroatoms. The molecule has 2 N–H and O–H groups in total. The van der Waals surface area contributed by atoms with Crippen LogP contribution < -0.4 is 5.73 Å². The Morgan fingerprint density at radius 2 is 2.08 bits per heavy atom. The fourth-order valence-corrected chi connectivity index (χ4v) is 1.25. The van der Waals surface area contributed by atoms with Crippen molar-refractivity contribution in [3.63, 3.8) is 0 Å². The number of rotatable bonds is 1. The molecule has 0 amide bonds. The third-order valence-corrected chi connectivity index (χ3v) is 1.93. The molecule has 0 aliphatic carbocycles. The van der Waals surface area contributed by atoms with Gasteiger partial charge in [0.25, 0.3) is 0 Å². The van der Waals surface area contributed by atoms with Gasteiger partial charge in [0.2, 0.25) is 0 Å². The van der Waals surface area contributed by atoms with E-state index in [1.807, 2.05) is 6.92 Å². The highest BCUT2D eigenvalue weighted by atomic mass is 127. The third-order valence-electron chi connectivity index (χ3n) is 1.93. The van der Waals surface area contributed by atoms with Gasteiger partial charge in [-0.15, -0.1) is 29.9 Å². The fraction of sp³-hybridized carbons (Fsp3) is 0.667. The summed E-state index contributed by atoms with van der Waals surface area (Å²) in [7, 11) is 0. The first-order chi connectivity index (χ1) is 5.84. The molecule has 0 unspecified atom stereocenters. The van der Waals surface area contributed by atoms with E-state index in [2.05, 4.69) is 21.7 Å². The summed E-state index contributed by atoms with van der Waals surface area (Å²) in [5.74, 6) is 6.29. The summed E-state index contributed by atoms with van der Waals surface area (Å²) in [4.78, 5) is 6.25. The van der Waals surface area contributed by atoms with Gasteiger partial charge in [0, 0.05) is 13.1 Å². The lowest BCUT2D eigenvalue weighted by Crippen LogP contribution is -2.34. The molecule has 0 radical (unpaired) electrons. The minimum Gasteiger partial charge on any atom is -0.370 e. The van der Waals surface area contributed by atoms with Crippen LogP contribution in [-0.4, -0.2) is 30.5 Å². The highest BCUT2D eigenvalue weighted by Crippen LogP contribution is 2.05. The van der Waals surface area contributed by atoms with Crippen molar-refractivity contribution in [2.75, 3.05) is 19.6 Å². The summed E-state index contributed by atoms with van der Waals surface area (Å²) in [5.41, 5.74) is 5.73. The van der Waals surface area contributed by atoms with E-state index in [1.165, 1.54) is 12.8 Å². The van der Waals surface area contributed by atoms with Gasteiger partial charge in [0.1, 0.15) is 6.54 Å². The van der Waals surface area contributed by atoms with E-state index in [1.54, 1.807) is 0 Å². The molecule has 1 aliphatic rings. The lowest BCUT2D eigenvalue weighted by molar-refractivity contribution is 0.511. The molecule has 1 saturated heterocycles. The number of halogens is 1. The molecule has 3 nitrogen and oxygen atoms in total. The van der Waals surface area contributed by atoms with Crippen LogP contribution in [0.4, 0.5) is 0 Å². The first kappa shape index (κ1) is 12.6. The zero-order valence-electron chi connectivity index (χ0n) is 7.92. The molecule has 1 fully saturated rings. The maximum Gasteiger partial charge on any atom is 0.192 e. The molecule has 0 aromatic carbocycles.